The van der Waals surface area contributed by atoms with E-state index in [1.165, 1.54) is 0 Å². The maximum Gasteiger partial charge on any atom is 0.153 e. The van der Waals surface area contributed by atoms with E-state index in [9.17, 15) is 4.39 Å². The van der Waals surface area contributed by atoms with Crippen molar-refractivity contribution in [2.45, 2.75) is 12.1 Å². The Morgan fingerprint density at radius 3 is 2.53 bits per heavy atom. The summed E-state index contributed by atoms with van der Waals surface area (Å²) in [6, 6.07) is 10.8. The van der Waals surface area contributed by atoms with E-state index >= 15 is 0 Å². The molecule has 1 heterocycles. The van der Waals surface area contributed by atoms with Crippen molar-refractivity contribution < 1.29 is 4.39 Å². The average Bonchev–Trinajstić information content (AvgIpc) is 2.75. The Balaban J connectivity index is 2.26. The van der Waals surface area contributed by atoms with Crippen LogP contribution >= 0.6 is 0 Å². The predicted octanol–water partition coefficient (Wildman–Crippen LogP) is 1.79. The molecule has 2 N–H and O–H groups in total. The normalized spacial score (nSPS) is 14.5. The molecule has 1 aromatic heterocycles. The molecule has 0 radical (unpaired) electrons. The number of nitrogens with two attached hydrogens (primary N) is 1. The molecule has 1 atom stereocenters. The number of aromatic nitrogens is 2. The number of benzene rings is 1. The molecule has 2 aromatic rings. The summed E-state index contributed by atoms with van der Waals surface area (Å²) < 4.78 is 16.4. The zero-order valence-electron chi connectivity index (χ0n) is 9.81. The van der Waals surface area contributed by atoms with Crippen molar-refractivity contribution in [3.63, 3.8) is 0 Å². The van der Waals surface area contributed by atoms with Crippen molar-refractivity contribution in [2.75, 3.05) is 6.54 Å². The Hall–Kier alpha value is -1.68. The lowest BCUT2D eigenvalue weighted by atomic mass is 9.91. The summed E-state index contributed by atoms with van der Waals surface area (Å²) >= 11 is 0. The summed E-state index contributed by atoms with van der Waals surface area (Å²) in [5.74, 6) is 0. The monoisotopic (exact) mass is 233 g/mol. The highest BCUT2D eigenvalue weighted by Crippen LogP contribution is 2.28. The molecule has 1 unspecified atom stereocenters. The second-order valence-electron chi connectivity index (χ2n) is 4.19. The molecule has 0 saturated carbocycles. The first kappa shape index (κ1) is 11.8. The highest BCUT2D eigenvalue weighted by Gasteiger charge is 2.31. The molecule has 2 rings (SSSR count). The SMILES string of the molecule is Cn1ccc(CC(F)(CN)c2ccccc2)n1. The van der Waals surface area contributed by atoms with Crippen molar-refractivity contribution >= 4 is 0 Å². The summed E-state index contributed by atoms with van der Waals surface area (Å²) in [4.78, 5) is 0. The van der Waals surface area contributed by atoms with E-state index in [2.05, 4.69) is 5.10 Å². The lowest BCUT2D eigenvalue weighted by molar-refractivity contribution is 0.173. The minimum atomic E-state index is -1.55. The smallest absolute Gasteiger partial charge is 0.153 e. The molecule has 0 aliphatic rings. The summed E-state index contributed by atoms with van der Waals surface area (Å²) in [6.45, 7) is -0.0480. The Morgan fingerprint density at radius 1 is 1.29 bits per heavy atom. The van der Waals surface area contributed by atoms with Crippen LogP contribution in [0.5, 0.6) is 0 Å². The van der Waals surface area contributed by atoms with Crippen molar-refractivity contribution in [1.29, 1.82) is 0 Å². The van der Waals surface area contributed by atoms with Crippen LogP contribution in [-0.4, -0.2) is 16.3 Å². The van der Waals surface area contributed by atoms with Gasteiger partial charge in [0.2, 0.25) is 0 Å². The second-order valence-corrected chi connectivity index (χ2v) is 4.19. The van der Waals surface area contributed by atoms with Crippen LogP contribution < -0.4 is 5.73 Å². The van der Waals surface area contributed by atoms with Gasteiger partial charge in [0.05, 0.1) is 5.69 Å². The van der Waals surface area contributed by atoms with Gasteiger partial charge in [-0.2, -0.15) is 5.10 Å². The summed E-state index contributed by atoms with van der Waals surface area (Å²) in [5.41, 5.74) is 5.36. The van der Waals surface area contributed by atoms with Gasteiger partial charge in [0.25, 0.3) is 0 Å². The van der Waals surface area contributed by atoms with Gasteiger partial charge in [-0.3, -0.25) is 4.68 Å². The number of hydrogen-bond acceptors (Lipinski definition) is 2. The molecule has 0 aliphatic heterocycles. The fraction of sp³-hybridized carbons (Fsp3) is 0.308. The number of rotatable bonds is 4. The van der Waals surface area contributed by atoms with Gasteiger partial charge in [0, 0.05) is 26.2 Å². The van der Waals surface area contributed by atoms with Crippen LogP contribution in [-0.2, 0) is 19.1 Å². The van der Waals surface area contributed by atoms with Crippen LogP contribution in [0.25, 0.3) is 0 Å². The number of alkyl halides is 1. The van der Waals surface area contributed by atoms with Crippen LogP contribution in [0.4, 0.5) is 4.39 Å². The third-order valence-electron chi connectivity index (χ3n) is 2.84. The van der Waals surface area contributed by atoms with E-state index in [0.29, 0.717) is 11.3 Å². The van der Waals surface area contributed by atoms with Crippen LogP contribution in [0.2, 0.25) is 0 Å². The number of halogens is 1. The van der Waals surface area contributed by atoms with E-state index in [1.54, 1.807) is 23.0 Å². The third kappa shape index (κ3) is 2.53. The number of nitrogens with zero attached hydrogens (tertiary/aromatic N) is 2. The molecule has 1 aromatic carbocycles. The van der Waals surface area contributed by atoms with Gasteiger partial charge in [0.15, 0.2) is 5.67 Å². The van der Waals surface area contributed by atoms with Crippen molar-refractivity contribution in [3.05, 3.63) is 53.9 Å². The number of hydrogen-bond donors (Lipinski definition) is 1. The van der Waals surface area contributed by atoms with Gasteiger partial charge in [-0.1, -0.05) is 30.3 Å². The molecular formula is C13H16FN3. The van der Waals surface area contributed by atoms with Crippen LogP contribution in [0.3, 0.4) is 0 Å². The molecule has 0 fully saturated rings. The fourth-order valence-corrected chi connectivity index (χ4v) is 1.87. The fourth-order valence-electron chi connectivity index (χ4n) is 1.87. The van der Waals surface area contributed by atoms with E-state index in [1.807, 2.05) is 31.3 Å². The molecule has 17 heavy (non-hydrogen) atoms. The Bertz CT molecular complexity index is 480. The van der Waals surface area contributed by atoms with E-state index in [-0.39, 0.29) is 13.0 Å². The van der Waals surface area contributed by atoms with Gasteiger partial charge >= 0.3 is 0 Å². The lowest BCUT2D eigenvalue weighted by Gasteiger charge is -2.23. The van der Waals surface area contributed by atoms with Gasteiger partial charge in [-0.05, 0) is 11.6 Å². The molecule has 90 valence electrons. The zero-order valence-corrected chi connectivity index (χ0v) is 9.81. The Morgan fingerprint density at radius 2 is 2.00 bits per heavy atom. The zero-order chi connectivity index (χ0) is 12.3. The van der Waals surface area contributed by atoms with Gasteiger partial charge < -0.3 is 5.73 Å². The Labute approximate surface area is 100 Å². The standard InChI is InChI=1S/C13H16FN3/c1-17-8-7-12(16-17)9-13(14,10-15)11-5-3-2-4-6-11/h2-8H,9-10,15H2,1H3. The molecule has 0 spiro atoms. The Kier molecular flexibility index (Phi) is 3.24. The first-order valence-electron chi connectivity index (χ1n) is 5.57. The van der Waals surface area contributed by atoms with Crippen LogP contribution in [0, 0.1) is 0 Å². The van der Waals surface area contributed by atoms with Crippen molar-refractivity contribution in [2.24, 2.45) is 12.8 Å². The van der Waals surface area contributed by atoms with E-state index in [4.69, 9.17) is 5.73 Å². The third-order valence-corrected chi connectivity index (χ3v) is 2.84. The van der Waals surface area contributed by atoms with Crippen molar-refractivity contribution in [1.82, 2.24) is 9.78 Å². The molecule has 0 bridgehead atoms. The minimum absolute atomic E-state index is 0.0480. The highest BCUT2D eigenvalue weighted by molar-refractivity contribution is 5.25. The quantitative estimate of drug-likeness (QED) is 0.875. The first-order chi connectivity index (χ1) is 8.14. The highest BCUT2D eigenvalue weighted by atomic mass is 19.1. The van der Waals surface area contributed by atoms with E-state index in [0.717, 1.165) is 0 Å². The predicted molar refractivity (Wildman–Crippen MR) is 65.2 cm³/mol. The lowest BCUT2D eigenvalue weighted by Crippen LogP contribution is -2.32. The molecule has 0 amide bonds. The van der Waals surface area contributed by atoms with Gasteiger partial charge in [0.1, 0.15) is 0 Å². The maximum atomic E-state index is 14.8. The second kappa shape index (κ2) is 4.67. The molecule has 0 aliphatic carbocycles. The average molecular weight is 233 g/mol. The van der Waals surface area contributed by atoms with Crippen molar-refractivity contribution in [3.8, 4) is 0 Å². The molecule has 0 saturated heterocycles. The van der Waals surface area contributed by atoms with E-state index < -0.39 is 5.67 Å². The van der Waals surface area contributed by atoms with Crippen LogP contribution in [0.15, 0.2) is 42.6 Å². The van der Waals surface area contributed by atoms with Gasteiger partial charge in [-0.15, -0.1) is 0 Å². The summed E-state index contributed by atoms with van der Waals surface area (Å²) in [7, 11) is 1.81. The maximum absolute atomic E-state index is 14.8. The number of aryl methyl sites for hydroxylation is 1. The summed E-state index contributed by atoms with van der Waals surface area (Å²) in [6.07, 6.45) is 2.01. The van der Waals surface area contributed by atoms with Gasteiger partial charge in [-0.25, -0.2) is 4.39 Å². The largest absolute Gasteiger partial charge is 0.327 e. The van der Waals surface area contributed by atoms with Crippen LogP contribution in [0.1, 0.15) is 11.3 Å². The first-order valence-corrected chi connectivity index (χ1v) is 5.57. The summed E-state index contributed by atoms with van der Waals surface area (Å²) in [5, 5.41) is 4.19. The molecule has 3 nitrogen and oxygen atoms in total. The minimum Gasteiger partial charge on any atom is -0.327 e. The topological polar surface area (TPSA) is 43.8 Å². The molecular weight excluding hydrogens is 217 g/mol. The molecule has 4 heteroatoms.